The second-order valence-electron chi connectivity index (χ2n) is 9.44. The van der Waals surface area contributed by atoms with Crippen LogP contribution < -0.4 is 5.32 Å². The minimum Gasteiger partial charge on any atom is -0.368 e. The van der Waals surface area contributed by atoms with Crippen LogP contribution in [-0.4, -0.2) is 51.1 Å². The summed E-state index contributed by atoms with van der Waals surface area (Å²) >= 11 is 0. The second-order valence-corrected chi connectivity index (χ2v) is 9.44. The lowest BCUT2D eigenvalue weighted by Gasteiger charge is -2.34. The summed E-state index contributed by atoms with van der Waals surface area (Å²) in [6, 6.07) is 4.08. The van der Waals surface area contributed by atoms with Gasteiger partial charge in [-0.15, -0.1) is 10.2 Å². The lowest BCUT2D eigenvalue weighted by molar-refractivity contribution is 0.144. The lowest BCUT2D eigenvalue weighted by Crippen LogP contribution is -2.38. The average molecular weight is 397 g/mol. The lowest BCUT2D eigenvalue weighted by atomic mass is 9.90. The van der Waals surface area contributed by atoms with Crippen molar-refractivity contribution in [2.24, 2.45) is 24.3 Å². The van der Waals surface area contributed by atoms with Crippen LogP contribution >= 0.6 is 0 Å². The maximum atomic E-state index is 4.41. The number of aryl methyl sites for hydroxylation is 2. The van der Waals surface area contributed by atoms with Gasteiger partial charge in [-0.05, 0) is 75.1 Å². The summed E-state index contributed by atoms with van der Waals surface area (Å²) < 4.78 is 1.82. The Kier molecular flexibility index (Phi) is 5.91. The maximum absolute atomic E-state index is 4.41. The van der Waals surface area contributed by atoms with Crippen LogP contribution in [0.15, 0.2) is 18.3 Å². The third-order valence-corrected chi connectivity index (χ3v) is 7.05. The van der Waals surface area contributed by atoms with Gasteiger partial charge in [-0.25, -0.2) is 0 Å². The highest BCUT2D eigenvalue weighted by Crippen LogP contribution is 2.59. The number of likely N-dealkylation sites (tertiary alicyclic amines) is 1. The smallest absolute Gasteiger partial charge is 0.148 e. The zero-order valence-electron chi connectivity index (χ0n) is 18.5. The Bertz CT molecular complexity index is 803. The van der Waals surface area contributed by atoms with E-state index in [0.29, 0.717) is 5.41 Å². The highest BCUT2D eigenvalue weighted by atomic mass is 15.3. The molecule has 4 rings (SSSR count). The van der Waals surface area contributed by atoms with Gasteiger partial charge in [0, 0.05) is 31.9 Å². The maximum Gasteiger partial charge on any atom is 0.148 e. The van der Waals surface area contributed by atoms with Crippen LogP contribution in [0.3, 0.4) is 0 Å². The third-order valence-electron chi connectivity index (χ3n) is 7.05. The van der Waals surface area contributed by atoms with E-state index in [4.69, 9.17) is 0 Å². The largest absolute Gasteiger partial charge is 0.368 e. The molecule has 2 aromatic rings. The van der Waals surface area contributed by atoms with Crippen molar-refractivity contribution in [2.45, 2.75) is 52.9 Å². The summed E-state index contributed by atoms with van der Waals surface area (Å²) in [5.74, 6) is 2.51. The van der Waals surface area contributed by atoms with Crippen molar-refractivity contribution >= 4 is 5.82 Å². The zero-order chi connectivity index (χ0) is 20.4. The minimum absolute atomic E-state index is 0.595. The highest BCUT2D eigenvalue weighted by molar-refractivity contribution is 5.61. The van der Waals surface area contributed by atoms with Crippen molar-refractivity contribution in [3.8, 4) is 11.3 Å². The molecule has 1 spiro atoms. The molecule has 6 heteroatoms. The average Bonchev–Trinajstić information content (AvgIpc) is 3.26. The second kappa shape index (κ2) is 8.42. The van der Waals surface area contributed by atoms with E-state index in [1.807, 2.05) is 37.0 Å². The Labute approximate surface area is 175 Å². The number of hydrogen-bond donors (Lipinski definition) is 1. The molecule has 1 aliphatic carbocycles. The summed E-state index contributed by atoms with van der Waals surface area (Å²) in [6.07, 6.45) is 8.76. The molecule has 2 atom stereocenters. The highest BCUT2D eigenvalue weighted by Gasteiger charge is 2.54. The van der Waals surface area contributed by atoms with Gasteiger partial charge in [0.15, 0.2) is 0 Å². The van der Waals surface area contributed by atoms with Crippen molar-refractivity contribution in [3.05, 3.63) is 24.0 Å². The van der Waals surface area contributed by atoms with Crippen molar-refractivity contribution in [1.82, 2.24) is 24.9 Å². The van der Waals surface area contributed by atoms with Crippen LogP contribution in [0.5, 0.6) is 0 Å². The Morgan fingerprint density at radius 3 is 2.66 bits per heavy atom. The van der Waals surface area contributed by atoms with Crippen LogP contribution in [0.1, 0.15) is 51.6 Å². The Hall–Kier alpha value is -1.95. The fourth-order valence-electron chi connectivity index (χ4n) is 5.19. The van der Waals surface area contributed by atoms with Crippen molar-refractivity contribution < 1.29 is 0 Å². The molecular weight excluding hydrogens is 360 g/mol. The molecule has 6 nitrogen and oxygen atoms in total. The monoisotopic (exact) mass is 396 g/mol. The summed E-state index contributed by atoms with van der Waals surface area (Å²) in [5.41, 5.74) is 3.51. The Morgan fingerprint density at radius 1 is 1.24 bits per heavy atom. The zero-order valence-corrected chi connectivity index (χ0v) is 18.5. The number of anilines is 1. The first kappa shape index (κ1) is 20.3. The molecule has 2 fully saturated rings. The van der Waals surface area contributed by atoms with Crippen LogP contribution in [-0.2, 0) is 7.05 Å². The normalized spacial score (nSPS) is 22.0. The molecule has 1 aliphatic heterocycles. The quantitative estimate of drug-likeness (QED) is 0.727. The van der Waals surface area contributed by atoms with E-state index < -0.39 is 0 Å². The molecule has 0 aromatic carbocycles. The van der Waals surface area contributed by atoms with E-state index in [-0.39, 0.29) is 0 Å². The first-order chi connectivity index (χ1) is 14.0. The topological polar surface area (TPSA) is 58.9 Å². The molecular formula is C23H36N6. The number of piperidine rings is 1. The predicted molar refractivity (Wildman–Crippen MR) is 118 cm³/mol. The molecule has 158 valence electrons. The first-order valence-electron chi connectivity index (χ1n) is 11.3. The van der Waals surface area contributed by atoms with E-state index in [0.717, 1.165) is 41.1 Å². The van der Waals surface area contributed by atoms with Gasteiger partial charge < -0.3 is 10.2 Å². The van der Waals surface area contributed by atoms with Crippen LogP contribution in [0, 0.1) is 24.2 Å². The van der Waals surface area contributed by atoms with Gasteiger partial charge in [-0.3, -0.25) is 4.68 Å². The number of aromatic nitrogens is 4. The SMILES string of the molecule is CCCC(C)CN1CCC2(CC1)CC2CNc1ccc(-c2cn(C)nc2C)nn1. The molecule has 1 saturated heterocycles. The molecule has 29 heavy (non-hydrogen) atoms. The molecule has 0 amide bonds. The molecule has 2 aliphatic rings. The van der Waals surface area contributed by atoms with E-state index in [2.05, 4.69) is 39.4 Å². The molecule has 0 bridgehead atoms. The van der Waals surface area contributed by atoms with Crippen molar-refractivity contribution in [3.63, 3.8) is 0 Å². The predicted octanol–water partition coefficient (Wildman–Crippen LogP) is 4.14. The van der Waals surface area contributed by atoms with E-state index in [9.17, 15) is 0 Å². The number of nitrogens with one attached hydrogen (secondary N) is 1. The molecule has 2 unspecified atom stereocenters. The third kappa shape index (κ3) is 4.63. The van der Waals surface area contributed by atoms with Crippen molar-refractivity contribution in [2.75, 3.05) is 31.5 Å². The van der Waals surface area contributed by atoms with Gasteiger partial charge >= 0.3 is 0 Å². The van der Waals surface area contributed by atoms with Gasteiger partial charge in [-0.1, -0.05) is 20.3 Å². The van der Waals surface area contributed by atoms with Crippen LogP contribution in [0.4, 0.5) is 5.82 Å². The molecule has 2 aromatic heterocycles. The van der Waals surface area contributed by atoms with Gasteiger partial charge in [0.25, 0.3) is 0 Å². The Balaban J connectivity index is 1.24. The standard InChI is InChI=1S/C23H36N6/c1-5-6-17(2)15-29-11-9-23(10-12-29)13-19(23)14-24-22-8-7-21(25-26-22)20-16-28(4)27-18(20)3/h7-8,16-17,19H,5-6,9-15H2,1-4H3,(H,24,26). The van der Waals surface area contributed by atoms with E-state index in [1.165, 1.54) is 51.7 Å². The summed E-state index contributed by atoms with van der Waals surface area (Å²) in [7, 11) is 1.93. The summed E-state index contributed by atoms with van der Waals surface area (Å²) in [5, 5.41) is 16.7. The minimum atomic E-state index is 0.595. The number of hydrogen-bond acceptors (Lipinski definition) is 5. The van der Waals surface area contributed by atoms with Gasteiger partial charge in [0.1, 0.15) is 5.82 Å². The Morgan fingerprint density at radius 2 is 2.03 bits per heavy atom. The van der Waals surface area contributed by atoms with Gasteiger partial charge in [0.2, 0.25) is 0 Å². The van der Waals surface area contributed by atoms with Gasteiger partial charge in [-0.2, -0.15) is 5.10 Å². The summed E-state index contributed by atoms with van der Waals surface area (Å²) in [6.45, 7) is 11.6. The molecule has 3 heterocycles. The van der Waals surface area contributed by atoms with Crippen LogP contribution in [0.2, 0.25) is 0 Å². The fourth-order valence-corrected chi connectivity index (χ4v) is 5.19. The number of rotatable bonds is 8. The number of nitrogens with zero attached hydrogens (tertiary/aromatic N) is 5. The van der Waals surface area contributed by atoms with E-state index >= 15 is 0 Å². The van der Waals surface area contributed by atoms with Gasteiger partial charge in [0.05, 0.1) is 11.4 Å². The fraction of sp³-hybridized carbons (Fsp3) is 0.696. The van der Waals surface area contributed by atoms with Crippen LogP contribution in [0.25, 0.3) is 11.3 Å². The molecule has 1 N–H and O–H groups in total. The first-order valence-corrected chi connectivity index (χ1v) is 11.3. The molecule has 0 radical (unpaired) electrons. The van der Waals surface area contributed by atoms with Crippen molar-refractivity contribution in [1.29, 1.82) is 0 Å². The van der Waals surface area contributed by atoms with E-state index in [1.54, 1.807) is 0 Å². The molecule has 1 saturated carbocycles. The summed E-state index contributed by atoms with van der Waals surface area (Å²) in [4.78, 5) is 2.69.